The van der Waals surface area contributed by atoms with Gasteiger partial charge in [-0.1, -0.05) is 37.4 Å². The van der Waals surface area contributed by atoms with E-state index in [2.05, 4.69) is 13.8 Å². The molecule has 2 nitrogen and oxygen atoms in total. The van der Waals surface area contributed by atoms with Gasteiger partial charge in [0.2, 0.25) is 0 Å². The lowest BCUT2D eigenvalue weighted by Crippen LogP contribution is -2.11. The molecule has 0 aliphatic rings. The summed E-state index contributed by atoms with van der Waals surface area (Å²) in [5, 5.41) is 1.27. The van der Waals surface area contributed by atoms with Gasteiger partial charge in [0.25, 0.3) is 0 Å². The topological polar surface area (TPSA) is 34.1 Å². The van der Waals surface area contributed by atoms with Crippen molar-refractivity contribution < 1.29 is 9.59 Å². The second-order valence-corrected chi connectivity index (χ2v) is 7.64. The maximum Gasteiger partial charge on any atom is 0.185 e. The molecule has 0 saturated carbocycles. The Morgan fingerprint density at radius 2 is 1.27 bits per heavy atom. The Labute approximate surface area is 105 Å². The Morgan fingerprint density at radius 3 is 1.53 bits per heavy atom. The van der Waals surface area contributed by atoms with Gasteiger partial charge in [0, 0.05) is 35.9 Å². The third-order valence-electron chi connectivity index (χ3n) is 1.51. The van der Waals surface area contributed by atoms with Crippen LogP contribution in [0.2, 0.25) is 0 Å². The van der Waals surface area contributed by atoms with Crippen molar-refractivity contribution in [1.29, 1.82) is 0 Å². The molecule has 0 spiro atoms. The van der Waals surface area contributed by atoms with Crippen LogP contribution in [-0.4, -0.2) is 32.2 Å². The molecule has 0 rings (SSSR count). The summed E-state index contributed by atoms with van der Waals surface area (Å²) in [6.07, 6.45) is 0. The molecule has 15 heavy (non-hydrogen) atoms. The third-order valence-corrected chi connectivity index (χ3v) is 5.34. The van der Waals surface area contributed by atoms with Gasteiger partial charge >= 0.3 is 0 Å². The van der Waals surface area contributed by atoms with Crippen LogP contribution in [0.3, 0.4) is 0 Å². The molecule has 0 fully saturated rings. The molecule has 0 bridgehead atoms. The standard InChI is InChI=1S/C10H18O2S3/c1-7(5-13-9(3)11)15-8(2)6-14-10(4)12/h7-8H,5-6H2,1-4H3. The van der Waals surface area contributed by atoms with Crippen LogP contribution in [0.5, 0.6) is 0 Å². The summed E-state index contributed by atoms with van der Waals surface area (Å²) < 4.78 is 0. The number of carbonyl (C=O) groups excluding carboxylic acids is 2. The van der Waals surface area contributed by atoms with Crippen molar-refractivity contribution in [3.05, 3.63) is 0 Å². The number of rotatable bonds is 6. The van der Waals surface area contributed by atoms with Gasteiger partial charge in [-0.05, 0) is 0 Å². The van der Waals surface area contributed by atoms with Gasteiger partial charge in [-0.3, -0.25) is 9.59 Å². The molecule has 0 aromatic rings. The van der Waals surface area contributed by atoms with Crippen molar-refractivity contribution in [3.63, 3.8) is 0 Å². The number of carbonyl (C=O) groups is 2. The highest BCUT2D eigenvalue weighted by molar-refractivity contribution is 8.15. The second kappa shape index (κ2) is 8.53. The van der Waals surface area contributed by atoms with E-state index in [0.29, 0.717) is 10.5 Å². The SMILES string of the molecule is CC(=O)SCC(C)SC(C)CSC(C)=O. The first-order valence-corrected chi connectivity index (χ1v) is 7.75. The summed E-state index contributed by atoms with van der Waals surface area (Å²) >= 11 is 4.58. The van der Waals surface area contributed by atoms with E-state index in [1.54, 1.807) is 13.8 Å². The van der Waals surface area contributed by atoms with E-state index in [1.807, 2.05) is 11.8 Å². The van der Waals surface area contributed by atoms with Crippen molar-refractivity contribution in [2.24, 2.45) is 0 Å². The molecule has 0 radical (unpaired) electrons. The van der Waals surface area contributed by atoms with Crippen LogP contribution < -0.4 is 0 Å². The van der Waals surface area contributed by atoms with Gasteiger partial charge < -0.3 is 0 Å². The fourth-order valence-electron chi connectivity index (χ4n) is 0.945. The molecular formula is C10H18O2S3. The highest BCUT2D eigenvalue weighted by Gasteiger charge is 2.11. The zero-order valence-electron chi connectivity index (χ0n) is 9.61. The van der Waals surface area contributed by atoms with Gasteiger partial charge in [0.05, 0.1) is 0 Å². The van der Waals surface area contributed by atoms with Crippen molar-refractivity contribution >= 4 is 45.5 Å². The smallest absolute Gasteiger partial charge is 0.185 e. The van der Waals surface area contributed by atoms with Crippen molar-refractivity contribution in [3.8, 4) is 0 Å². The predicted molar refractivity (Wildman–Crippen MR) is 72.8 cm³/mol. The lowest BCUT2D eigenvalue weighted by atomic mass is 10.5. The summed E-state index contributed by atoms with van der Waals surface area (Å²) in [6, 6.07) is 0. The molecule has 0 aromatic carbocycles. The minimum atomic E-state index is 0.174. The summed E-state index contributed by atoms with van der Waals surface area (Å²) in [7, 11) is 0. The maximum atomic E-state index is 10.8. The normalized spacial score (nSPS) is 14.7. The molecule has 0 saturated heterocycles. The van der Waals surface area contributed by atoms with Crippen molar-refractivity contribution in [2.45, 2.75) is 38.2 Å². The van der Waals surface area contributed by atoms with Gasteiger partial charge in [0.1, 0.15) is 0 Å². The van der Waals surface area contributed by atoms with Gasteiger partial charge in [0.15, 0.2) is 10.2 Å². The molecule has 0 aromatic heterocycles. The number of thioether (sulfide) groups is 3. The van der Waals surface area contributed by atoms with E-state index in [9.17, 15) is 9.59 Å². The largest absolute Gasteiger partial charge is 0.288 e. The van der Waals surface area contributed by atoms with Crippen LogP contribution in [-0.2, 0) is 9.59 Å². The molecule has 0 aliphatic heterocycles. The molecule has 0 heterocycles. The monoisotopic (exact) mass is 266 g/mol. The quantitative estimate of drug-likeness (QED) is 0.738. The molecule has 2 unspecified atom stereocenters. The molecule has 0 amide bonds. The first kappa shape index (κ1) is 15.4. The highest BCUT2D eigenvalue weighted by atomic mass is 32.2. The average Bonchev–Trinajstić information content (AvgIpc) is 2.11. The van der Waals surface area contributed by atoms with Gasteiger partial charge in [-0.25, -0.2) is 0 Å². The van der Waals surface area contributed by atoms with Crippen molar-refractivity contribution in [2.75, 3.05) is 11.5 Å². The zero-order chi connectivity index (χ0) is 11.8. The maximum absolute atomic E-state index is 10.8. The van der Waals surface area contributed by atoms with E-state index in [0.717, 1.165) is 11.5 Å². The number of hydrogen-bond acceptors (Lipinski definition) is 5. The van der Waals surface area contributed by atoms with E-state index in [1.165, 1.54) is 23.5 Å². The second-order valence-electron chi connectivity index (χ2n) is 3.36. The Balaban J connectivity index is 3.61. The lowest BCUT2D eigenvalue weighted by molar-refractivity contribution is -0.109. The van der Waals surface area contributed by atoms with E-state index >= 15 is 0 Å². The van der Waals surface area contributed by atoms with Crippen molar-refractivity contribution in [1.82, 2.24) is 0 Å². The molecule has 0 aliphatic carbocycles. The van der Waals surface area contributed by atoms with Crippen LogP contribution >= 0.6 is 35.3 Å². The summed E-state index contributed by atoms with van der Waals surface area (Å²) in [5.41, 5.74) is 0. The number of hydrogen-bond donors (Lipinski definition) is 0. The minimum Gasteiger partial charge on any atom is -0.288 e. The van der Waals surface area contributed by atoms with Crippen LogP contribution in [0, 0.1) is 0 Å². The molecule has 88 valence electrons. The van der Waals surface area contributed by atoms with E-state index in [-0.39, 0.29) is 10.2 Å². The molecule has 2 atom stereocenters. The van der Waals surface area contributed by atoms with Gasteiger partial charge in [-0.15, -0.1) is 0 Å². The summed E-state index contributed by atoms with van der Waals surface area (Å²) in [6.45, 7) is 7.43. The fourth-order valence-corrected chi connectivity index (χ4v) is 3.71. The predicted octanol–water partition coefficient (Wildman–Crippen LogP) is 3.06. The first-order valence-electron chi connectivity index (χ1n) is 4.84. The summed E-state index contributed by atoms with van der Waals surface area (Å²) in [4.78, 5) is 21.5. The molecule has 5 heteroatoms. The van der Waals surface area contributed by atoms with Crippen LogP contribution in [0.25, 0.3) is 0 Å². The Kier molecular flexibility index (Phi) is 8.75. The average molecular weight is 266 g/mol. The molecular weight excluding hydrogens is 248 g/mol. The van der Waals surface area contributed by atoms with E-state index < -0.39 is 0 Å². The Morgan fingerprint density at radius 1 is 0.933 bits per heavy atom. The Hall–Kier alpha value is 0.390. The minimum absolute atomic E-state index is 0.174. The fraction of sp³-hybridized carbons (Fsp3) is 0.800. The lowest BCUT2D eigenvalue weighted by Gasteiger charge is -2.15. The highest BCUT2D eigenvalue weighted by Crippen LogP contribution is 2.24. The van der Waals surface area contributed by atoms with Crippen LogP contribution in [0.4, 0.5) is 0 Å². The van der Waals surface area contributed by atoms with E-state index in [4.69, 9.17) is 0 Å². The first-order chi connectivity index (χ1) is 6.91. The molecule has 0 N–H and O–H groups in total. The van der Waals surface area contributed by atoms with Crippen LogP contribution in [0.1, 0.15) is 27.7 Å². The van der Waals surface area contributed by atoms with Crippen LogP contribution in [0.15, 0.2) is 0 Å². The van der Waals surface area contributed by atoms with Gasteiger partial charge in [-0.2, -0.15) is 11.8 Å². The Bertz CT molecular complexity index is 197. The summed E-state index contributed by atoms with van der Waals surface area (Å²) in [5.74, 6) is 1.71. The third kappa shape index (κ3) is 10.7. The zero-order valence-corrected chi connectivity index (χ0v) is 12.1.